The van der Waals surface area contributed by atoms with Crippen LogP contribution in [-0.2, 0) is 6.42 Å². The molecule has 0 bridgehead atoms. The molecule has 1 aromatic rings. The molecule has 0 spiro atoms. The maximum atomic E-state index is 6.05. The van der Waals surface area contributed by atoms with Crippen LogP contribution in [0.3, 0.4) is 0 Å². The summed E-state index contributed by atoms with van der Waals surface area (Å²) in [6.45, 7) is 6.60. The lowest BCUT2D eigenvalue weighted by molar-refractivity contribution is 0.132. The molecule has 0 amide bonds. The molecule has 1 aliphatic rings. The van der Waals surface area contributed by atoms with E-state index in [-0.39, 0.29) is 5.54 Å². The van der Waals surface area contributed by atoms with Crippen molar-refractivity contribution in [2.24, 2.45) is 5.73 Å². The van der Waals surface area contributed by atoms with E-state index in [1.807, 2.05) is 6.07 Å². The number of rotatable bonds is 8. The standard InChI is InChI=1S/C17H28N2O2/c1-4-5-10-19(3)17(2,12-18)9-8-14-6-7-15-16(11-14)21-13-20-15/h6-7,11H,4-5,8-10,12-13,18H2,1-3H3. The SMILES string of the molecule is CCCCN(C)C(C)(CN)CCc1ccc2c(c1)OCO2. The second-order valence-electron chi connectivity index (χ2n) is 6.16. The summed E-state index contributed by atoms with van der Waals surface area (Å²) in [5.74, 6) is 1.71. The van der Waals surface area contributed by atoms with Gasteiger partial charge in [-0.1, -0.05) is 19.4 Å². The van der Waals surface area contributed by atoms with Gasteiger partial charge in [0.15, 0.2) is 11.5 Å². The van der Waals surface area contributed by atoms with Crippen LogP contribution in [0.4, 0.5) is 0 Å². The number of benzene rings is 1. The number of nitrogens with zero attached hydrogens (tertiary/aromatic N) is 1. The number of aryl methyl sites for hydroxylation is 1. The number of ether oxygens (including phenoxy) is 2. The number of likely N-dealkylation sites (N-methyl/N-ethyl adjacent to an activating group) is 1. The third kappa shape index (κ3) is 3.89. The van der Waals surface area contributed by atoms with E-state index in [1.54, 1.807) is 0 Å². The molecular formula is C17H28N2O2. The van der Waals surface area contributed by atoms with Gasteiger partial charge in [-0.3, -0.25) is 4.90 Å². The van der Waals surface area contributed by atoms with Crippen molar-refractivity contribution in [3.63, 3.8) is 0 Å². The molecule has 0 saturated carbocycles. The highest BCUT2D eigenvalue weighted by molar-refractivity contribution is 5.44. The largest absolute Gasteiger partial charge is 0.454 e. The van der Waals surface area contributed by atoms with Gasteiger partial charge < -0.3 is 15.2 Å². The molecule has 0 radical (unpaired) electrons. The van der Waals surface area contributed by atoms with Gasteiger partial charge in [0.25, 0.3) is 0 Å². The smallest absolute Gasteiger partial charge is 0.231 e. The highest BCUT2D eigenvalue weighted by Gasteiger charge is 2.27. The van der Waals surface area contributed by atoms with Crippen LogP contribution in [0, 0.1) is 0 Å². The number of hydrogen-bond acceptors (Lipinski definition) is 4. The van der Waals surface area contributed by atoms with E-state index >= 15 is 0 Å². The Morgan fingerprint density at radius 3 is 2.76 bits per heavy atom. The molecule has 1 heterocycles. The minimum atomic E-state index is 0.0472. The fourth-order valence-electron chi connectivity index (χ4n) is 2.62. The van der Waals surface area contributed by atoms with E-state index < -0.39 is 0 Å². The molecule has 0 aromatic heterocycles. The van der Waals surface area contributed by atoms with Crippen molar-refractivity contribution in [2.45, 2.75) is 45.1 Å². The maximum Gasteiger partial charge on any atom is 0.231 e. The lowest BCUT2D eigenvalue weighted by atomic mass is 9.91. The van der Waals surface area contributed by atoms with Crippen LogP contribution < -0.4 is 15.2 Å². The van der Waals surface area contributed by atoms with Gasteiger partial charge in [-0.2, -0.15) is 0 Å². The summed E-state index contributed by atoms with van der Waals surface area (Å²) in [7, 11) is 2.18. The Balaban J connectivity index is 1.95. The van der Waals surface area contributed by atoms with Crippen LogP contribution in [0.25, 0.3) is 0 Å². The molecule has 1 atom stereocenters. The van der Waals surface area contributed by atoms with Gasteiger partial charge in [-0.05, 0) is 57.5 Å². The van der Waals surface area contributed by atoms with Gasteiger partial charge in [0, 0.05) is 12.1 Å². The average molecular weight is 292 g/mol. The first-order chi connectivity index (χ1) is 10.1. The minimum Gasteiger partial charge on any atom is -0.454 e. The molecule has 0 fully saturated rings. The second-order valence-corrected chi connectivity index (χ2v) is 6.16. The Morgan fingerprint density at radius 2 is 2.05 bits per heavy atom. The molecule has 0 aliphatic carbocycles. The average Bonchev–Trinajstić information content (AvgIpc) is 2.97. The molecule has 0 saturated heterocycles. The van der Waals surface area contributed by atoms with E-state index in [2.05, 4.69) is 37.9 Å². The molecule has 4 nitrogen and oxygen atoms in total. The molecule has 118 valence electrons. The van der Waals surface area contributed by atoms with Crippen LogP contribution in [0.1, 0.15) is 38.7 Å². The van der Waals surface area contributed by atoms with Crippen LogP contribution in [0.5, 0.6) is 11.5 Å². The zero-order valence-corrected chi connectivity index (χ0v) is 13.5. The van der Waals surface area contributed by atoms with Crippen LogP contribution in [0.15, 0.2) is 18.2 Å². The number of hydrogen-bond donors (Lipinski definition) is 1. The Kier molecular flexibility index (Phi) is 5.48. The molecule has 4 heteroatoms. The van der Waals surface area contributed by atoms with Crippen molar-refractivity contribution in [3.8, 4) is 11.5 Å². The van der Waals surface area contributed by atoms with Gasteiger partial charge in [-0.25, -0.2) is 0 Å². The van der Waals surface area contributed by atoms with E-state index in [1.165, 1.54) is 18.4 Å². The summed E-state index contributed by atoms with van der Waals surface area (Å²) in [6, 6.07) is 6.21. The monoisotopic (exact) mass is 292 g/mol. The van der Waals surface area contributed by atoms with Crippen molar-refractivity contribution in [2.75, 3.05) is 26.9 Å². The first kappa shape index (κ1) is 16.1. The molecule has 2 rings (SSSR count). The summed E-state index contributed by atoms with van der Waals surface area (Å²) >= 11 is 0. The lowest BCUT2D eigenvalue weighted by Crippen LogP contribution is -2.50. The maximum absolute atomic E-state index is 6.05. The Morgan fingerprint density at radius 1 is 1.29 bits per heavy atom. The summed E-state index contributed by atoms with van der Waals surface area (Å²) < 4.78 is 10.8. The van der Waals surface area contributed by atoms with E-state index in [9.17, 15) is 0 Å². The summed E-state index contributed by atoms with van der Waals surface area (Å²) in [4.78, 5) is 2.41. The zero-order valence-electron chi connectivity index (χ0n) is 13.5. The predicted octanol–water partition coefficient (Wildman–Crippen LogP) is 2.80. The van der Waals surface area contributed by atoms with Crippen molar-refractivity contribution in [1.29, 1.82) is 0 Å². The van der Waals surface area contributed by atoms with Gasteiger partial charge >= 0.3 is 0 Å². The molecule has 1 aromatic carbocycles. The molecule has 21 heavy (non-hydrogen) atoms. The quantitative estimate of drug-likeness (QED) is 0.800. The third-order valence-corrected chi connectivity index (χ3v) is 4.60. The van der Waals surface area contributed by atoms with E-state index in [4.69, 9.17) is 15.2 Å². The van der Waals surface area contributed by atoms with Gasteiger partial charge in [0.1, 0.15) is 0 Å². The Labute approximate surface area is 128 Å². The topological polar surface area (TPSA) is 47.7 Å². The summed E-state index contributed by atoms with van der Waals surface area (Å²) in [5.41, 5.74) is 7.38. The predicted molar refractivity (Wildman–Crippen MR) is 85.9 cm³/mol. The van der Waals surface area contributed by atoms with Crippen molar-refractivity contribution in [1.82, 2.24) is 4.90 Å². The van der Waals surface area contributed by atoms with Crippen LogP contribution >= 0.6 is 0 Å². The number of fused-ring (bicyclic) bond motifs is 1. The Bertz CT molecular complexity index is 464. The normalized spacial score (nSPS) is 16.2. The molecular weight excluding hydrogens is 264 g/mol. The zero-order chi connectivity index (χ0) is 15.3. The van der Waals surface area contributed by atoms with Crippen LogP contribution in [0.2, 0.25) is 0 Å². The first-order valence-corrected chi connectivity index (χ1v) is 7.89. The summed E-state index contributed by atoms with van der Waals surface area (Å²) in [6.07, 6.45) is 4.48. The van der Waals surface area contributed by atoms with Gasteiger partial charge in [0.2, 0.25) is 6.79 Å². The van der Waals surface area contributed by atoms with Crippen molar-refractivity contribution >= 4 is 0 Å². The highest BCUT2D eigenvalue weighted by atomic mass is 16.7. The van der Waals surface area contributed by atoms with E-state index in [0.717, 1.165) is 30.9 Å². The number of unbranched alkanes of at least 4 members (excludes halogenated alkanes) is 1. The molecule has 1 aliphatic heterocycles. The fourth-order valence-corrected chi connectivity index (χ4v) is 2.62. The van der Waals surface area contributed by atoms with Gasteiger partial charge in [0.05, 0.1) is 0 Å². The Hall–Kier alpha value is -1.26. The fraction of sp³-hybridized carbons (Fsp3) is 0.647. The highest BCUT2D eigenvalue weighted by Crippen LogP contribution is 2.33. The number of nitrogens with two attached hydrogens (primary N) is 1. The summed E-state index contributed by atoms with van der Waals surface area (Å²) in [5, 5.41) is 0. The molecule has 1 unspecified atom stereocenters. The first-order valence-electron chi connectivity index (χ1n) is 7.89. The van der Waals surface area contributed by atoms with Gasteiger partial charge in [-0.15, -0.1) is 0 Å². The van der Waals surface area contributed by atoms with Crippen LogP contribution in [-0.4, -0.2) is 37.4 Å². The minimum absolute atomic E-state index is 0.0472. The lowest BCUT2D eigenvalue weighted by Gasteiger charge is -2.38. The second kappa shape index (κ2) is 7.14. The van der Waals surface area contributed by atoms with Crippen molar-refractivity contribution in [3.05, 3.63) is 23.8 Å². The van der Waals surface area contributed by atoms with Crippen molar-refractivity contribution < 1.29 is 9.47 Å². The van der Waals surface area contributed by atoms with E-state index in [0.29, 0.717) is 13.3 Å². The third-order valence-electron chi connectivity index (χ3n) is 4.60. The molecule has 2 N–H and O–H groups in total.